The van der Waals surface area contributed by atoms with Gasteiger partial charge in [-0.2, -0.15) is 0 Å². The fourth-order valence-electron chi connectivity index (χ4n) is 3.12. The minimum absolute atomic E-state index is 0.252. The molecular formula is C20H20O6. The van der Waals surface area contributed by atoms with Crippen LogP contribution < -0.4 is 14.2 Å². The highest BCUT2D eigenvalue weighted by atomic mass is 16.5. The molecule has 0 aromatic heterocycles. The lowest BCUT2D eigenvalue weighted by Gasteiger charge is -2.32. The second kappa shape index (κ2) is 7.17. The van der Waals surface area contributed by atoms with Crippen molar-refractivity contribution < 1.29 is 28.9 Å². The Bertz CT molecular complexity index is 857. The van der Waals surface area contributed by atoms with Gasteiger partial charge in [-0.15, -0.1) is 0 Å². The zero-order chi connectivity index (χ0) is 18.8. The topological polar surface area (TPSA) is 82.1 Å². The molecule has 0 bridgehead atoms. The molecule has 0 saturated heterocycles. The number of aliphatic hydroxyl groups is 1. The molecular weight excluding hydrogens is 336 g/mol. The van der Waals surface area contributed by atoms with Gasteiger partial charge in [0, 0.05) is 30.9 Å². The van der Waals surface area contributed by atoms with Crippen molar-refractivity contribution >= 4 is 11.9 Å². The normalized spacial score (nSPS) is 18.5. The van der Waals surface area contributed by atoms with Gasteiger partial charge in [-0.3, -0.25) is 9.59 Å². The number of hydrogen-bond acceptors (Lipinski definition) is 6. The first-order valence-electron chi connectivity index (χ1n) is 8.28. The summed E-state index contributed by atoms with van der Waals surface area (Å²) in [5, 5.41) is 10.8. The number of aliphatic hydroxyl groups excluding tert-OH is 1. The van der Waals surface area contributed by atoms with E-state index in [-0.39, 0.29) is 12.5 Å². The van der Waals surface area contributed by atoms with Crippen molar-refractivity contribution in [3.8, 4) is 17.2 Å². The SMILES string of the molecule is CC(=O)Oc1cccc([C@@H]2COc3c(ccc(OC(C)=O)c3C)[C@H]2O)c1. The highest BCUT2D eigenvalue weighted by molar-refractivity contribution is 5.71. The Hall–Kier alpha value is -2.86. The molecule has 1 heterocycles. The number of fused-ring (bicyclic) bond motifs is 1. The maximum Gasteiger partial charge on any atom is 0.308 e. The molecule has 1 aliphatic rings. The van der Waals surface area contributed by atoms with Gasteiger partial charge >= 0.3 is 11.9 Å². The van der Waals surface area contributed by atoms with Crippen LogP contribution in [0.2, 0.25) is 0 Å². The quantitative estimate of drug-likeness (QED) is 0.672. The smallest absolute Gasteiger partial charge is 0.308 e. The molecule has 0 radical (unpaired) electrons. The first-order chi connectivity index (χ1) is 12.4. The maximum absolute atomic E-state index is 11.2. The standard InChI is InChI=1S/C20H20O6/c1-11-18(26-13(3)22)8-7-16-19(23)17(10-24-20(11)16)14-5-4-6-15(9-14)25-12(2)21/h4-9,17,19,23H,10H2,1-3H3/t17-,19+/m0/s1. The van der Waals surface area contributed by atoms with Crippen molar-refractivity contribution in [2.24, 2.45) is 0 Å². The van der Waals surface area contributed by atoms with Gasteiger partial charge in [-0.1, -0.05) is 12.1 Å². The zero-order valence-corrected chi connectivity index (χ0v) is 14.8. The van der Waals surface area contributed by atoms with E-state index < -0.39 is 18.0 Å². The molecule has 0 fully saturated rings. The van der Waals surface area contributed by atoms with Crippen LogP contribution in [0.4, 0.5) is 0 Å². The van der Waals surface area contributed by atoms with Crippen molar-refractivity contribution in [1.29, 1.82) is 0 Å². The highest BCUT2D eigenvalue weighted by Gasteiger charge is 2.32. The summed E-state index contributed by atoms with van der Waals surface area (Å²) in [6, 6.07) is 10.4. The van der Waals surface area contributed by atoms with E-state index >= 15 is 0 Å². The minimum atomic E-state index is -0.795. The Labute approximate surface area is 151 Å². The second-order valence-electron chi connectivity index (χ2n) is 6.23. The number of hydrogen-bond donors (Lipinski definition) is 1. The van der Waals surface area contributed by atoms with Crippen molar-refractivity contribution in [1.82, 2.24) is 0 Å². The van der Waals surface area contributed by atoms with Gasteiger partial charge in [0.1, 0.15) is 17.2 Å². The number of benzene rings is 2. The van der Waals surface area contributed by atoms with Crippen LogP contribution in [0.5, 0.6) is 17.2 Å². The predicted molar refractivity (Wildman–Crippen MR) is 93.4 cm³/mol. The third-order valence-corrected chi connectivity index (χ3v) is 4.30. The summed E-state index contributed by atoms with van der Waals surface area (Å²) in [5.74, 6) is 0.250. The zero-order valence-electron chi connectivity index (χ0n) is 14.8. The average molecular weight is 356 g/mol. The highest BCUT2D eigenvalue weighted by Crippen LogP contribution is 2.44. The van der Waals surface area contributed by atoms with E-state index in [1.54, 1.807) is 37.3 Å². The fraction of sp³-hybridized carbons (Fsp3) is 0.300. The molecule has 0 spiro atoms. The van der Waals surface area contributed by atoms with E-state index in [1.165, 1.54) is 13.8 Å². The van der Waals surface area contributed by atoms with Gasteiger partial charge in [0.25, 0.3) is 0 Å². The Morgan fingerprint density at radius 2 is 1.85 bits per heavy atom. The van der Waals surface area contributed by atoms with Gasteiger partial charge in [-0.25, -0.2) is 0 Å². The summed E-state index contributed by atoms with van der Waals surface area (Å²) in [7, 11) is 0. The summed E-state index contributed by atoms with van der Waals surface area (Å²) < 4.78 is 16.1. The molecule has 26 heavy (non-hydrogen) atoms. The molecule has 0 unspecified atom stereocenters. The van der Waals surface area contributed by atoms with Crippen LogP contribution in [0.1, 0.15) is 42.6 Å². The minimum Gasteiger partial charge on any atom is -0.492 e. The fourth-order valence-corrected chi connectivity index (χ4v) is 3.12. The predicted octanol–water partition coefficient (Wildman–Crippen LogP) is 3.06. The van der Waals surface area contributed by atoms with Crippen molar-refractivity contribution in [2.45, 2.75) is 32.8 Å². The summed E-state index contributed by atoms with van der Waals surface area (Å²) in [5.41, 5.74) is 2.11. The Kier molecular flexibility index (Phi) is 4.95. The van der Waals surface area contributed by atoms with E-state index in [2.05, 4.69) is 0 Å². The Morgan fingerprint density at radius 1 is 1.12 bits per heavy atom. The third kappa shape index (κ3) is 3.55. The molecule has 136 valence electrons. The summed E-state index contributed by atoms with van der Waals surface area (Å²) >= 11 is 0. The third-order valence-electron chi connectivity index (χ3n) is 4.30. The monoisotopic (exact) mass is 356 g/mol. The molecule has 2 atom stereocenters. The molecule has 1 N–H and O–H groups in total. The van der Waals surface area contributed by atoms with Crippen LogP contribution in [0, 0.1) is 6.92 Å². The van der Waals surface area contributed by atoms with Crippen LogP contribution in [0.3, 0.4) is 0 Å². The van der Waals surface area contributed by atoms with E-state index in [0.717, 1.165) is 5.56 Å². The largest absolute Gasteiger partial charge is 0.492 e. The number of ether oxygens (including phenoxy) is 3. The van der Waals surface area contributed by atoms with Gasteiger partial charge in [0.2, 0.25) is 0 Å². The lowest BCUT2D eigenvalue weighted by Crippen LogP contribution is -2.25. The van der Waals surface area contributed by atoms with Crippen molar-refractivity contribution in [2.75, 3.05) is 6.61 Å². The molecule has 1 aliphatic heterocycles. The first-order valence-corrected chi connectivity index (χ1v) is 8.28. The van der Waals surface area contributed by atoms with Crippen molar-refractivity contribution in [3.05, 3.63) is 53.1 Å². The van der Waals surface area contributed by atoms with Gasteiger partial charge in [0.05, 0.1) is 12.7 Å². The molecule has 3 rings (SSSR count). The molecule has 6 nitrogen and oxygen atoms in total. The first kappa shape index (κ1) is 17.9. The van der Waals surface area contributed by atoms with E-state index in [9.17, 15) is 14.7 Å². The average Bonchev–Trinajstić information content (AvgIpc) is 2.57. The lowest BCUT2D eigenvalue weighted by molar-refractivity contribution is -0.132. The van der Waals surface area contributed by atoms with Gasteiger partial charge < -0.3 is 19.3 Å². The number of carbonyl (C=O) groups excluding carboxylic acids is 2. The molecule has 0 amide bonds. The van der Waals surface area contributed by atoms with Crippen LogP contribution >= 0.6 is 0 Å². The van der Waals surface area contributed by atoms with Crippen LogP contribution in [0.25, 0.3) is 0 Å². The second-order valence-corrected chi connectivity index (χ2v) is 6.23. The summed E-state index contributed by atoms with van der Waals surface area (Å²) in [4.78, 5) is 22.3. The molecule has 0 saturated carbocycles. The van der Waals surface area contributed by atoms with E-state index in [0.29, 0.717) is 28.4 Å². The van der Waals surface area contributed by atoms with E-state index in [4.69, 9.17) is 14.2 Å². The molecule has 2 aromatic carbocycles. The summed E-state index contributed by atoms with van der Waals surface area (Å²) in [6.07, 6.45) is -0.795. The van der Waals surface area contributed by atoms with Crippen LogP contribution in [0.15, 0.2) is 36.4 Å². The number of carbonyl (C=O) groups is 2. The molecule has 0 aliphatic carbocycles. The number of rotatable bonds is 3. The molecule has 2 aromatic rings. The summed E-state index contributed by atoms with van der Waals surface area (Å²) in [6.45, 7) is 4.71. The number of esters is 2. The Morgan fingerprint density at radius 3 is 2.54 bits per heavy atom. The van der Waals surface area contributed by atoms with Crippen LogP contribution in [-0.2, 0) is 9.59 Å². The van der Waals surface area contributed by atoms with Gasteiger partial charge in [-0.05, 0) is 36.8 Å². The maximum atomic E-state index is 11.2. The van der Waals surface area contributed by atoms with Crippen LogP contribution in [-0.4, -0.2) is 23.7 Å². The Balaban J connectivity index is 1.91. The van der Waals surface area contributed by atoms with Gasteiger partial charge in [0.15, 0.2) is 0 Å². The van der Waals surface area contributed by atoms with Crippen molar-refractivity contribution in [3.63, 3.8) is 0 Å². The molecule has 6 heteroatoms. The lowest BCUT2D eigenvalue weighted by atomic mass is 9.86. The van der Waals surface area contributed by atoms with E-state index in [1.807, 2.05) is 6.07 Å².